The van der Waals surface area contributed by atoms with Gasteiger partial charge < -0.3 is 15.1 Å². The van der Waals surface area contributed by atoms with Crippen molar-refractivity contribution in [3.8, 4) is 11.3 Å². The molecule has 0 amide bonds. The molecule has 4 rings (SSSR count). The van der Waals surface area contributed by atoms with Gasteiger partial charge in [0.05, 0.1) is 5.69 Å². The Bertz CT molecular complexity index is 852. The van der Waals surface area contributed by atoms with Gasteiger partial charge in [0.1, 0.15) is 0 Å². The van der Waals surface area contributed by atoms with Crippen molar-refractivity contribution in [3.63, 3.8) is 0 Å². The molecule has 5 nitrogen and oxygen atoms in total. The third-order valence-electron chi connectivity index (χ3n) is 6.24. The molecule has 150 valence electrons. The van der Waals surface area contributed by atoms with E-state index in [1.54, 1.807) is 0 Å². The number of likely N-dealkylation sites (N-methyl/N-ethyl adjacent to an activating group) is 1. The van der Waals surface area contributed by atoms with E-state index in [-0.39, 0.29) is 5.54 Å². The van der Waals surface area contributed by atoms with E-state index in [9.17, 15) is 0 Å². The van der Waals surface area contributed by atoms with Crippen LogP contribution in [0.15, 0.2) is 24.4 Å². The molecule has 1 aromatic heterocycles. The fraction of sp³-hybridized carbons (Fsp3) is 0.565. The smallest absolute Gasteiger partial charge is 0.225 e. The standard InChI is InChI=1S/C23H33N5/c1-6-27-9-11-28(12-10-27)22-24-8-7-20(25-22)18-14-19-17(3)15-23(4,5)26-21(19)13-16(18)2/h7-8,13-14,17,26H,6,9-12,15H2,1-5H3. The Kier molecular flexibility index (Phi) is 5.04. The van der Waals surface area contributed by atoms with Crippen molar-refractivity contribution < 1.29 is 0 Å². The maximum absolute atomic E-state index is 4.96. The average molecular weight is 380 g/mol. The Morgan fingerprint density at radius 1 is 1.18 bits per heavy atom. The molecule has 28 heavy (non-hydrogen) atoms. The van der Waals surface area contributed by atoms with Gasteiger partial charge in [-0.2, -0.15) is 0 Å². The zero-order chi connectivity index (χ0) is 19.9. The average Bonchev–Trinajstić information content (AvgIpc) is 2.67. The van der Waals surface area contributed by atoms with Crippen LogP contribution in [-0.2, 0) is 0 Å². The van der Waals surface area contributed by atoms with Crippen LogP contribution in [0.3, 0.4) is 0 Å². The van der Waals surface area contributed by atoms with Crippen LogP contribution in [-0.4, -0.2) is 53.1 Å². The van der Waals surface area contributed by atoms with Crippen molar-refractivity contribution in [1.82, 2.24) is 14.9 Å². The van der Waals surface area contributed by atoms with Crippen LogP contribution in [0, 0.1) is 6.92 Å². The minimum Gasteiger partial charge on any atom is -0.380 e. The van der Waals surface area contributed by atoms with Gasteiger partial charge in [0, 0.05) is 49.2 Å². The minimum absolute atomic E-state index is 0.142. The molecule has 1 unspecified atom stereocenters. The van der Waals surface area contributed by atoms with E-state index in [0.29, 0.717) is 5.92 Å². The summed E-state index contributed by atoms with van der Waals surface area (Å²) in [5, 5.41) is 3.71. The molecule has 0 radical (unpaired) electrons. The van der Waals surface area contributed by atoms with E-state index in [4.69, 9.17) is 4.98 Å². The summed E-state index contributed by atoms with van der Waals surface area (Å²) in [5.74, 6) is 1.40. The molecule has 5 heteroatoms. The number of rotatable bonds is 3. The van der Waals surface area contributed by atoms with Crippen LogP contribution >= 0.6 is 0 Å². The number of anilines is 2. The third-order valence-corrected chi connectivity index (χ3v) is 6.24. The van der Waals surface area contributed by atoms with Gasteiger partial charge in [0.2, 0.25) is 5.95 Å². The number of hydrogen-bond donors (Lipinski definition) is 1. The van der Waals surface area contributed by atoms with E-state index >= 15 is 0 Å². The first-order valence-electron chi connectivity index (χ1n) is 10.6. The molecule has 1 atom stereocenters. The number of aryl methyl sites for hydroxylation is 1. The van der Waals surface area contributed by atoms with Crippen LogP contribution in [0.25, 0.3) is 11.3 Å². The Balaban J connectivity index is 1.64. The summed E-state index contributed by atoms with van der Waals surface area (Å²) in [6, 6.07) is 6.69. The molecule has 1 fully saturated rings. The lowest BCUT2D eigenvalue weighted by Gasteiger charge is -2.38. The normalized spacial score (nSPS) is 21.9. The van der Waals surface area contributed by atoms with Crippen LogP contribution < -0.4 is 10.2 Å². The number of fused-ring (bicyclic) bond motifs is 1. The van der Waals surface area contributed by atoms with Gasteiger partial charge in [-0.3, -0.25) is 0 Å². The fourth-order valence-corrected chi connectivity index (χ4v) is 4.72. The molecular weight excluding hydrogens is 346 g/mol. The van der Waals surface area contributed by atoms with Crippen LogP contribution in [0.5, 0.6) is 0 Å². The molecule has 0 aliphatic carbocycles. The van der Waals surface area contributed by atoms with Gasteiger partial charge in [0.25, 0.3) is 0 Å². The van der Waals surface area contributed by atoms with E-state index in [2.05, 4.69) is 66.9 Å². The molecule has 3 heterocycles. The summed E-state index contributed by atoms with van der Waals surface area (Å²) >= 11 is 0. The van der Waals surface area contributed by atoms with Crippen LogP contribution in [0.2, 0.25) is 0 Å². The van der Waals surface area contributed by atoms with E-state index in [0.717, 1.165) is 50.8 Å². The molecular formula is C23H33N5. The second-order valence-electron chi connectivity index (χ2n) is 9.03. The summed E-state index contributed by atoms with van der Waals surface area (Å²) < 4.78 is 0. The molecule has 2 aliphatic rings. The van der Waals surface area contributed by atoms with Gasteiger partial charge in [0.15, 0.2) is 0 Å². The molecule has 1 N–H and O–H groups in total. The Labute approximate surface area is 169 Å². The predicted octanol–water partition coefficient (Wildman–Crippen LogP) is 4.29. The van der Waals surface area contributed by atoms with Crippen molar-refractivity contribution in [2.24, 2.45) is 0 Å². The van der Waals surface area contributed by atoms with Crippen molar-refractivity contribution in [1.29, 1.82) is 0 Å². The first kappa shape index (κ1) is 19.2. The Morgan fingerprint density at radius 2 is 1.93 bits per heavy atom. The lowest BCUT2D eigenvalue weighted by Crippen LogP contribution is -2.46. The quantitative estimate of drug-likeness (QED) is 0.862. The predicted molar refractivity (Wildman–Crippen MR) is 117 cm³/mol. The summed E-state index contributed by atoms with van der Waals surface area (Å²) in [7, 11) is 0. The largest absolute Gasteiger partial charge is 0.380 e. The molecule has 1 aromatic carbocycles. The highest BCUT2D eigenvalue weighted by molar-refractivity contribution is 5.72. The highest BCUT2D eigenvalue weighted by Crippen LogP contribution is 2.41. The molecule has 0 spiro atoms. The summed E-state index contributed by atoms with van der Waals surface area (Å²) in [6.45, 7) is 16.6. The van der Waals surface area contributed by atoms with Gasteiger partial charge >= 0.3 is 0 Å². The topological polar surface area (TPSA) is 44.3 Å². The molecule has 1 saturated heterocycles. The minimum atomic E-state index is 0.142. The molecule has 0 saturated carbocycles. The second-order valence-corrected chi connectivity index (χ2v) is 9.03. The fourth-order valence-electron chi connectivity index (χ4n) is 4.72. The maximum Gasteiger partial charge on any atom is 0.225 e. The number of nitrogens with zero attached hydrogens (tertiary/aromatic N) is 4. The highest BCUT2D eigenvalue weighted by atomic mass is 15.3. The Hall–Kier alpha value is -2.14. The number of piperazine rings is 1. The lowest BCUT2D eigenvalue weighted by atomic mass is 9.80. The lowest BCUT2D eigenvalue weighted by molar-refractivity contribution is 0.270. The first-order valence-corrected chi connectivity index (χ1v) is 10.6. The summed E-state index contributed by atoms with van der Waals surface area (Å²) in [5.41, 5.74) is 6.33. The SMILES string of the molecule is CCN1CCN(c2nccc(-c3cc4c(cc3C)NC(C)(C)CC4C)n2)CC1. The van der Waals surface area contributed by atoms with Gasteiger partial charge in [-0.25, -0.2) is 9.97 Å². The van der Waals surface area contributed by atoms with Crippen molar-refractivity contribution in [2.45, 2.75) is 52.5 Å². The second kappa shape index (κ2) is 7.36. The summed E-state index contributed by atoms with van der Waals surface area (Å²) in [6.07, 6.45) is 3.05. The van der Waals surface area contributed by atoms with Gasteiger partial charge in [-0.1, -0.05) is 13.8 Å². The van der Waals surface area contributed by atoms with Crippen LogP contribution in [0.4, 0.5) is 11.6 Å². The van der Waals surface area contributed by atoms with E-state index in [1.807, 2.05) is 12.3 Å². The number of hydrogen-bond acceptors (Lipinski definition) is 5. The zero-order valence-electron chi connectivity index (χ0n) is 17.9. The van der Waals surface area contributed by atoms with Crippen molar-refractivity contribution >= 4 is 11.6 Å². The van der Waals surface area contributed by atoms with Crippen molar-refractivity contribution in [3.05, 3.63) is 35.5 Å². The zero-order valence-corrected chi connectivity index (χ0v) is 17.9. The van der Waals surface area contributed by atoms with E-state index < -0.39 is 0 Å². The monoisotopic (exact) mass is 379 g/mol. The number of nitrogens with one attached hydrogen (secondary N) is 1. The molecule has 2 aromatic rings. The molecule has 0 bridgehead atoms. The summed E-state index contributed by atoms with van der Waals surface area (Å²) in [4.78, 5) is 14.3. The van der Waals surface area contributed by atoms with Crippen LogP contribution in [0.1, 0.15) is 51.2 Å². The van der Waals surface area contributed by atoms with Gasteiger partial charge in [-0.15, -0.1) is 0 Å². The highest BCUT2D eigenvalue weighted by Gasteiger charge is 2.30. The number of aromatic nitrogens is 2. The third kappa shape index (κ3) is 3.72. The first-order chi connectivity index (χ1) is 13.4. The maximum atomic E-state index is 4.96. The van der Waals surface area contributed by atoms with Crippen molar-refractivity contribution in [2.75, 3.05) is 42.9 Å². The number of benzene rings is 1. The van der Waals surface area contributed by atoms with Gasteiger partial charge in [-0.05, 0) is 69.0 Å². The molecule has 2 aliphatic heterocycles. The Morgan fingerprint density at radius 3 is 2.64 bits per heavy atom. The van der Waals surface area contributed by atoms with E-state index in [1.165, 1.54) is 22.4 Å².